The summed E-state index contributed by atoms with van der Waals surface area (Å²) >= 11 is 0. The molecule has 1 rings (SSSR count). The van der Waals surface area contributed by atoms with E-state index in [9.17, 15) is 9.18 Å². The lowest BCUT2D eigenvalue weighted by molar-refractivity contribution is -0.141. The Morgan fingerprint density at radius 2 is 1.83 bits per heavy atom. The topological polar surface area (TPSA) is 70.8 Å². The summed E-state index contributed by atoms with van der Waals surface area (Å²) in [5.74, 6) is -0.432. The molecular weight excluding hydrogens is 241 g/mol. The van der Waals surface area contributed by atoms with E-state index < -0.39 is 17.8 Å². The fraction of sp³-hybridized carbons (Fsp3) is 0.417. The Balaban J connectivity index is 3.05. The molecule has 0 aliphatic carbocycles. The zero-order chi connectivity index (χ0) is 13.7. The number of ether oxygens (including phenoxy) is 3. The highest BCUT2D eigenvalue weighted by Gasteiger charge is 2.19. The van der Waals surface area contributed by atoms with Crippen LogP contribution in [0.4, 0.5) is 4.39 Å². The van der Waals surface area contributed by atoms with Crippen LogP contribution in [-0.2, 0) is 9.53 Å². The smallest absolute Gasteiger partial charge is 0.307 e. The minimum absolute atomic E-state index is 0.108. The van der Waals surface area contributed by atoms with E-state index in [1.165, 1.54) is 33.5 Å². The van der Waals surface area contributed by atoms with Crippen molar-refractivity contribution >= 4 is 5.97 Å². The molecule has 0 radical (unpaired) electrons. The molecule has 0 saturated heterocycles. The molecule has 0 aliphatic rings. The third kappa shape index (κ3) is 3.10. The Kier molecular flexibility index (Phi) is 4.91. The van der Waals surface area contributed by atoms with Crippen LogP contribution in [0.15, 0.2) is 12.1 Å². The Labute approximate surface area is 105 Å². The average molecular weight is 257 g/mol. The monoisotopic (exact) mass is 257 g/mol. The Hall–Kier alpha value is -1.82. The largest absolute Gasteiger partial charge is 0.493 e. The second-order valence-corrected chi connectivity index (χ2v) is 3.62. The number of hydrogen-bond acceptors (Lipinski definition) is 5. The molecule has 1 aromatic rings. The van der Waals surface area contributed by atoms with Crippen molar-refractivity contribution in [2.75, 3.05) is 21.3 Å². The van der Waals surface area contributed by atoms with Gasteiger partial charge < -0.3 is 19.9 Å². The van der Waals surface area contributed by atoms with Crippen LogP contribution in [0.2, 0.25) is 0 Å². The van der Waals surface area contributed by atoms with Gasteiger partial charge in [-0.05, 0) is 6.07 Å². The van der Waals surface area contributed by atoms with E-state index in [4.69, 9.17) is 15.2 Å². The summed E-state index contributed by atoms with van der Waals surface area (Å²) in [5, 5.41) is 0. The summed E-state index contributed by atoms with van der Waals surface area (Å²) < 4.78 is 28.3. The predicted molar refractivity (Wildman–Crippen MR) is 63.1 cm³/mol. The van der Waals surface area contributed by atoms with Gasteiger partial charge in [-0.3, -0.25) is 4.79 Å². The van der Waals surface area contributed by atoms with Crippen LogP contribution in [0.3, 0.4) is 0 Å². The van der Waals surface area contributed by atoms with Gasteiger partial charge in [-0.15, -0.1) is 0 Å². The highest BCUT2D eigenvalue weighted by atomic mass is 19.1. The Bertz CT molecular complexity index is 436. The first kappa shape index (κ1) is 14.2. The predicted octanol–water partition coefficient (Wildman–Crippen LogP) is 1.41. The van der Waals surface area contributed by atoms with Gasteiger partial charge in [-0.25, -0.2) is 4.39 Å². The summed E-state index contributed by atoms with van der Waals surface area (Å²) in [6.45, 7) is 0. The molecular formula is C12H16FNO4. The number of hydrogen-bond donors (Lipinski definition) is 1. The van der Waals surface area contributed by atoms with Gasteiger partial charge in [0.05, 0.1) is 27.8 Å². The second-order valence-electron chi connectivity index (χ2n) is 3.62. The first-order chi connectivity index (χ1) is 8.53. The third-order valence-corrected chi connectivity index (χ3v) is 2.52. The van der Waals surface area contributed by atoms with Crippen molar-refractivity contribution in [3.63, 3.8) is 0 Å². The number of nitrogens with two attached hydrogens (primary N) is 1. The molecule has 0 amide bonds. The number of halogens is 1. The van der Waals surface area contributed by atoms with Crippen LogP contribution in [0.25, 0.3) is 0 Å². The molecule has 0 aliphatic heterocycles. The van der Waals surface area contributed by atoms with Crippen LogP contribution in [-0.4, -0.2) is 27.3 Å². The summed E-state index contributed by atoms with van der Waals surface area (Å²) in [5.41, 5.74) is 5.93. The van der Waals surface area contributed by atoms with Crippen molar-refractivity contribution in [3.05, 3.63) is 23.5 Å². The van der Waals surface area contributed by atoms with Crippen LogP contribution < -0.4 is 15.2 Å². The van der Waals surface area contributed by atoms with E-state index in [1.807, 2.05) is 0 Å². The molecule has 5 nitrogen and oxygen atoms in total. The van der Waals surface area contributed by atoms with E-state index in [-0.39, 0.29) is 17.7 Å². The zero-order valence-corrected chi connectivity index (χ0v) is 10.5. The van der Waals surface area contributed by atoms with Gasteiger partial charge in [-0.1, -0.05) is 0 Å². The first-order valence-electron chi connectivity index (χ1n) is 5.27. The van der Waals surface area contributed by atoms with Crippen molar-refractivity contribution in [3.8, 4) is 11.5 Å². The molecule has 1 atom stereocenters. The number of carbonyl (C=O) groups is 1. The molecule has 0 bridgehead atoms. The molecule has 0 spiro atoms. The first-order valence-corrected chi connectivity index (χ1v) is 5.27. The van der Waals surface area contributed by atoms with Crippen LogP contribution in [0.5, 0.6) is 11.5 Å². The minimum Gasteiger partial charge on any atom is -0.493 e. The maximum Gasteiger partial charge on any atom is 0.307 e. The maximum atomic E-state index is 13.8. The SMILES string of the molecule is COC(=O)C[C@H](N)c1cc(OC)c(OC)cc1F. The fourth-order valence-electron chi connectivity index (χ4n) is 1.53. The molecule has 0 aromatic heterocycles. The van der Waals surface area contributed by atoms with Crippen LogP contribution >= 0.6 is 0 Å². The van der Waals surface area contributed by atoms with Gasteiger partial charge in [0.15, 0.2) is 11.5 Å². The van der Waals surface area contributed by atoms with Crippen LogP contribution in [0, 0.1) is 5.82 Å². The lowest BCUT2D eigenvalue weighted by Gasteiger charge is -2.15. The molecule has 0 fully saturated rings. The minimum atomic E-state index is -0.794. The average Bonchev–Trinajstić information content (AvgIpc) is 2.37. The van der Waals surface area contributed by atoms with E-state index in [2.05, 4.69) is 4.74 Å². The molecule has 18 heavy (non-hydrogen) atoms. The number of carbonyl (C=O) groups excluding carboxylic acids is 1. The van der Waals surface area contributed by atoms with Crippen molar-refractivity contribution in [1.29, 1.82) is 0 Å². The van der Waals surface area contributed by atoms with Gasteiger partial charge in [0.2, 0.25) is 0 Å². The van der Waals surface area contributed by atoms with Gasteiger partial charge in [-0.2, -0.15) is 0 Å². The lowest BCUT2D eigenvalue weighted by atomic mass is 10.0. The van der Waals surface area contributed by atoms with Gasteiger partial charge in [0.25, 0.3) is 0 Å². The summed E-state index contributed by atoms with van der Waals surface area (Å²) in [6, 6.07) is 1.80. The molecule has 0 unspecified atom stereocenters. The molecule has 0 heterocycles. The maximum absolute atomic E-state index is 13.8. The van der Waals surface area contributed by atoms with Crippen molar-refractivity contribution < 1.29 is 23.4 Å². The van der Waals surface area contributed by atoms with Gasteiger partial charge >= 0.3 is 5.97 Å². The Morgan fingerprint density at radius 3 is 2.33 bits per heavy atom. The van der Waals surface area contributed by atoms with E-state index in [0.29, 0.717) is 5.75 Å². The zero-order valence-electron chi connectivity index (χ0n) is 10.5. The number of esters is 1. The number of rotatable bonds is 5. The molecule has 100 valence electrons. The summed E-state index contributed by atoms with van der Waals surface area (Å²) in [6.07, 6.45) is -0.108. The van der Waals surface area contributed by atoms with E-state index in [1.54, 1.807) is 0 Å². The van der Waals surface area contributed by atoms with E-state index in [0.717, 1.165) is 0 Å². The van der Waals surface area contributed by atoms with Crippen LogP contribution in [0.1, 0.15) is 18.0 Å². The Morgan fingerprint density at radius 1 is 1.28 bits per heavy atom. The lowest BCUT2D eigenvalue weighted by Crippen LogP contribution is -2.17. The molecule has 6 heteroatoms. The summed E-state index contributed by atoms with van der Waals surface area (Å²) in [4.78, 5) is 11.1. The number of benzene rings is 1. The molecule has 1 aromatic carbocycles. The standard InChI is InChI=1S/C12H16FNO4/c1-16-10-4-7(8(13)5-11(10)17-2)9(14)6-12(15)18-3/h4-5,9H,6,14H2,1-3H3/t9-/m0/s1. The quantitative estimate of drug-likeness (QED) is 0.807. The van der Waals surface area contributed by atoms with Crippen molar-refractivity contribution in [2.24, 2.45) is 5.73 Å². The number of methoxy groups -OCH3 is 3. The van der Waals surface area contributed by atoms with E-state index >= 15 is 0 Å². The highest BCUT2D eigenvalue weighted by molar-refractivity contribution is 5.70. The second kappa shape index (κ2) is 6.20. The van der Waals surface area contributed by atoms with Gasteiger partial charge in [0, 0.05) is 17.7 Å². The highest BCUT2D eigenvalue weighted by Crippen LogP contribution is 2.32. The summed E-state index contributed by atoms with van der Waals surface area (Å²) in [7, 11) is 4.09. The van der Waals surface area contributed by atoms with Crippen molar-refractivity contribution in [2.45, 2.75) is 12.5 Å². The van der Waals surface area contributed by atoms with Gasteiger partial charge in [0.1, 0.15) is 5.82 Å². The fourth-order valence-corrected chi connectivity index (χ4v) is 1.53. The van der Waals surface area contributed by atoms with Crippen molar-refractivity contribution in [1.82, 2.24) is 0 Å². The normalized spacial score (nSPS) is 11.8. The third-order valence-electron chi connectivity index (χ3n) is 2.52. The molecule has 2 N–H and O–H groups in total. The molecule has 0 saturated carbocycles.